The Hall–Kier alpha value is -1.65. The number of halogens is 1. The minimum absolute atomic E-state index is 0. The van der Waals surface area contributed by atoms with Gasteiger partial charge in [0.15, 0.2) is 0 Å². The van der Waals surface area contributed by atoms with Gasteiger partial charge in [0, 0.05) is 0 Å². The molecule has 0 N–H and O–H groups in total. The first-order valence-corrected chi connectivity index (χ1v) is 8.33. The van der Waals surface area contributed by atoms with Gasteiger partial charge in [-0.15, -0.1) is 0 Å². The lowest BCUT2D eigenvalue weighted by Crippen LogP contribution is -3.00. The Kier molecular flexibility index (Phi) is 8.16. The first-order valence-electron chi connectivity index (χ1n) is 8.33. The maximum atomic E-state index is 12.6. The molecule has 24 heavy (non-hydrogen) atoms. The zero-order chi connectivity index (χ0) is 16.7. The number of ether oxygens (including phenoxy) is 1. The summed E-state index contributed by atoms with van der Waals surface area (Å²) in [6.45, 7) is 9.19. The highest BCUT2D eigenvalue weighted by Crippen LogP contribution is 2.30. The average molecular weight is 392 g/mol. The predicted octanol–water partition coefficient (Wildman–Crippen LogP) is 1.42. The third-order valence-corrected chi connectivity index (χ3v) is 4.70. The summed E-state index contributed by atoms with van der Waals surface area (Å²) < 4.78 is 6.72. The number of quaternary nitrogens is 1. The van der Waals surface area contributed by atoms with Crippen LogP contribution in [0.15, 0.2) is 60.7 Å². The normalized spacial score (nSPS) is 12.1. The van der Waals surface area contributed by atoms with E-state index in [-0.39, 0.29) is 29.2 Å². The second-order valence-electron chi connectivity index (χ2n) is 5.70. The van der Waals surface area contributed by atoms with Crippen molar-refractivity contribution in [1.82, 2.24) is 0 Å². The number of benzene rings is 2. The Morgan fingerprint density at radius 1 is 0.875 bits per heavy atom. The number of hydrogen-bond donors (Lipinski definition) is 0. The summed E-state index contributed by atoms with van der Waals surface area (Å²) in [6.07, 6.45) is -0.288. The third-order valence-electron chi connectivity index (χ3n) is 4.70. The van der Waals surface area contributed by atoms with Gasteiger partial charge in [0.1, 0.15) is 0 Å². The molecule has 0 saturated carbocycles. The molecular weight excluding hydrogens is 366 g/mol. The van der Waals surface area contributed by atoms with Gasteiger partial charge in [-0.1, -0.05) is 36.4 Å². The molecule has 0 radical (unpaired) electrons. The van der Waals surface area contributed by atoms with Gasteiger partial charge >= 0.3 is 5.97 Å². The van der Waals surface area contributed by atoms with E-state index in [1.54, 1.807) is 12.1 Å². The lowest BCUT2D eigenvalue weighted by atomic mass is 10.1. The molecule has 0 spiro atoms. The Bertz CT molecular complexity index is 604. The summed E-state index contributed by atoms with van der Waals surface area (Å²) in [5, 5.41) is 0. The lowest BCUT2D eigenvalue weighted by molar-refractivity contribution is -0.971. The van der Waals surface area contributed by atoms with Crippen LogP contribution in [-0.4, -0.2) is 30.1 Å². The molecule has 130 valence electrons. The van der Waals surface area contributed by atoms with Gasteiger partial charge < -0.3 is 21.7 Å². The summed E-state index contributed by atoms with van der Waals surface area (Å²) in [7, 11) is 0. The molecule has 2 aromatic rings. The van der Waals surface area contributed by atoms with Crippen molar-refractivity contribution in [1.29, 1.82) is 0 Å². The van der Waals surface area contributed by atoms with Crippen LogP contribution in [0.1, 0.15) is 42.9 Å². The SMILES string of the molecule is CC[N+](CC)(CC)C(OC(=O)c1ccccc1)c1ccccc1.[Br-]. The molecule has 0 amide bonds. The zero-order valence-corrected chi connectivity index (χ0v) is 16.2. The molecule has 0 fully saturated rings. The van der Waals surface area contributed by atoms with Crippen LogP contribution in [-0.2, 0) is 4.74 Å². The van der Waals surface area contributed by atoms with Crippen molar-refractivity contribution in [3.63, 3.8) is 0 Å². The van der Waals surface area contributed by atoms with E-state index < -0.39 is 0 Å². The Labute approximate surface area is 155 Å². The second kappa shape index (κ2) is 9.60. The van der Waals surface area contributed by atoms with Gasteiger partial charge in [0.2, 0.25) is 0 Å². The molecule has 4 heteroatoms. The summed E-state index contributed by atoms with van der Waals surface area (Å²) in [6, 6.07) is 19.3. The lowest BCUT2D eigenvalue weighted by Gasteiger charge is -2.41. The van der Waals surface area contributed by atoms with Gasteiger partial charge in [-0.3, -0.25) is 4.48 Å². The van der Waals surface area contributed by atoms with E-state index in [2.05, 4.69) is 20.8 Å². The first kappa shape index (κ1) is 20.4. The van der Waals surface area contributed by atoms with Gasteiger partial charge in [-0.05, 0) is 45.0 Å². The second-order valence-corrected chi connectivity index (χ2v) is 5.70. The molecule has 1 atom stereocenters. The third kappa shape index (κ3) is 4.46. The fourth-order valence-electron chi connectivity index (χ4n) is 3.03. The molecular formula is C20H26BrNO2. The fourth-order valence-corrected chi connectivity index (χ4v) is 3.03. The smallest absolute Gasteiger partial charge is 0.342 e. The molecule has 1 unspecified atom stereocenters. The standard InChI is InChI=1S/C20H26NO2.BrH/c1-4-21(5-2,6-3)19(17-13-9-7-10-14-17)23-20(22)18-15-11-8-12-16-18;/h7-16,19H,4-6H2,1-3H3;1H/q+1;/p-1. The molecule has 2 rings (SSSR count). The number of hydrogen-bond acceptors (Lipinski definition) is 2. The van der Waals surface area contributed by atoms with Gasteiger partial charge in [0.05, 0.1) is 30.8 Å². The Balaban J connectivity index is 0.00000288. The fraction of sp³-hybridized carbons (Fsp3) is 0.350. The number of esters is 1. The number of rotatable bonds is 7. The van der Waals surface area contributed by atoms with Crippen LogP contribution in [0.3, 0.4) is 0 Å². The Morgan fingerprint density at radius 3 is 1.79 bits per heavy atom. The van der Waals surface area contributed by atoms with E-state index in [1.165, 1.54) is 0 Å². The van der Waals surface area contributed by atoms with Crippen LogP contribution in [0, 0.1) is 0 Å². The van der Waals surface area contributed by atoms with Crippen molar-refractivity contribution in [3.05, 3.63) is 71.8 Å². The molecule has 0 saturated heterocycles. The van der Waals surface area contributed by atoms with Crippen molar-refractivity contribution < 1.29 is 31.0 Å². The summed E-state index contributed by atoms with van der Waals surface area (Å²) >= 11 is 0. The monoisotopic (exact) mass is 391 g/mol. The van der Waals surface area contributed by atoms with E-state index >= 15 is 0 Å². The highest BCUT2D eigenvalue weighted by atomic mass is 79.9. The topological polar surface area (TPSA) is 26.3 Å². The summed E-state index contributed by atoms with van der Waals surface area (Å²) in [4.78, 5) is 12.6. The number of carbonyl (C=O) groups excluding carboxylic acids is 1. The van der Waals surface area contributed by atoms with E-state index in [4.69, 9.17) is 4.74 Å². The minimum atomic E-state index is -0.288. The Morgan fingerprint density at radius 2 is 1.33 bits per heavy atom. The van der Waals surface area contributed by atoms with E-state index in [9.17, 15) is 4.79 Å². The average Bonchev–Trinajstić information content (AvgIpc) is 2.64. The minimum Gasteiger partial charge on any atom is -1.00 e. The van der Waals surface area contributed by atoms with Crippen molar-refractivity contribution in [2.24, 2.45) is 0 Å². The van der Waals surface area contributed by atoms with Crippen LogP contribution in [0.5, 0.6) is 0 Å². The quantitative estimate of drug-likeness (QED) is 0.405. The van der Waals surface area contributed by atoms with Crippen LogP contribution < -0.4 is 17.0 Å². The molecule has 0 aliphatic heterocycles. The first-order chi connectivity index (χ1) is 11.2. The highest BCUT2D eigenvalue weighted by Gasteiger charge is 2.37. The van der Waals surface area contributed by atoms with E-state index in [0.29, 0.717) is 5.56 Å². The summed E-state index contributed by atoms with van der Waals surface area (Å²) in [5.74, 6) is -0.266. The maximum absolute atomic E-state index is 12.6. The molecule has 3 nitrogen and oxygen atoms in total. The number of nitrogens with zero attached hydrogens (tertiary/aromatic N) is 1. The molecule has 0 aromatic heterocycles. The van der Waals surface area contributed by atoms with Gasteiger partial charge in [0.25, 0.3) is 6.23 Å². The van der Waals surface area contributed by atoms with Crippen LogP contribution >= 0.6 is 0 Å². The predicted molar refractivity (Wildman–Crippen MR) is 92.9 cm³/mol. The van der Waals surface area contributed by atoms with E-state index in [1.807, 2.05) is 48.5 Å². The molecule has 2 aromatic carbocycles. The molecule has 0 bridgehead atoms. The summed E-state index contributed by atoms with van der Waals surface area (Å²) in [5.41, 5.74) is 1.64. The van der Waals surface area contributed by atoms with Crippen molar-refractivity contribution >= 4 is 5.97 Å². The van der Waals surface area contributed by atoms with Gasteiger partial charge in [-0.25, -0.2) is 4.79 Å². The largest absolute Gasteiger partial charge is 1.00 e. The zero-order valence-electron chi connectivity index (χ0n) is 14.6. The van der Waals surface area contributed by atoms with Crippen molar-refractivity contribution in [3.8, 4) is 0 Å². The van der Waals surface area contributed by atoms with E-state index in [0.717, 1.165) is 29.7 Å². The van der Waals surface area contributed by atoms with Crippen LogP contribution in [0.25, 0.3) is 0 Å². The van der Waals surface area contributed by atoms with Crippen LogP contribution in [0.4, 0.5) is 0 Å². The molecule has 0 aliphatic carbocycles. The number of carbonyl (C=O) groups is 1. The van der Waals surface area contributed by atoms with Gasteiger partial charge in [-0.2, -0.15) is 0 Å². The molecule has 0 heterocycles. The highest BCUT2D eigenvalue weighted by molar-refractivity contribution is 5.89. The van der Waals surface area contributed by atoms with Crippen molar-refractivity contribution in [2.75, 3.05) is 19.6 Å². The molecule has 0 aliphatic rings. The van der Waals surface area contributed by atoms with Crippen LogP contribution in [0.2, 0.25) is 0 Å². The maximum Gasteiger partial charge on any atom is 0.342 e. The van der Waals surface area contributed by atoms with Crippen molar-refractivity contribution in [2.45, 2.75) is 27.0 Å².